The van der Waals surface area contributed by atoms with Crippen molar-refractivity contribution in [2.75, 3.05) is 5.32 Å². The van der Waals surface area contributed by atoms with Gasteiger partial charge in [-0.15, -0.1) is 0 Å². The molecule has 4 N–H and O–H groups in total. The van der Waals surface area contributed by atoms with Gasteiger partial charge in [0.2, 0.25) is 5.91 Å². The number of halogens is 1. The lowest BCUT2D eigenvalue weighted by molar-refractivity contribution is 0.0999. The molecule has 4 rings (SSSR count). The van der Waals surface area contributed by atoms with Crippen molar-refractivity contribution in [2.24, 2.45) is 5.73 Å². The first-order valence-electron chi connectivity index (χ1n) is 10.6. The second-order valence-electron chi connectivity index (χ2n) is 7.46. The molecule has 0 aliphatic rings. The number of nitrogens with one attached hydrogen (secondary N) is 2. The zero-order valence-electron chi connectivity index (χ0n) is 18.3. The van der Waals surface area contributed by atoms with Crippen LogP contribution in [0.5, 0.6) is 11.5 Å². The third kappa shape index (κ3) is 5.41. The molecule has 172 valence electrons. The highest BCUT2D eigenvalue weighted by molar-refractivity contribution is 7.80. The third-order valence-corrected chi connectivity index (χ3v) is 5.75. The summed E-state index contributed by atoms with van der Waals surface area (Å²) in [6.45, 7) is 2.53. The Morgan fingerprint density at radius 1 is 1.12 bits per heavy atom. The van der Waals surface area contributed by atoms with Gasteiger partial charge >= 0.3 is 0 Å². The Labute approximate surface area is 207 Å². The predicted molar refractivity (Wildman–Crippen MR) is 138 cm³/mol. The number of carbonyl (C=O) groups excluding carboxylic acids is 1. The molecule has 7 nitrogen and oxygen atoms in total. The first-order valence-corrected chi connectivity index (χ1v) is 11.4. The molecule has 0 radical (unpaired) electrons. The van der Waals surface area contributed by atoms with Crippen molar-refractivity contribution in [1.82, 2.24) is 15.3 Å². The summed E-state index contributed by atoms with van der Waals surface area (Å²) < 4.78 is 6.09. The number of hydrogen-bond acceptors (Lipinski definition) is 5. The van der Waals surface area contributed by atoms with Crippen LogP contribution in [0.4, 0.5) is 5.69 Å². The number of primary amides is 1. The summed E-state index contributed by atoms with van der Waals surface area (Å²) >= 11 is 11.8. The van der Waals surface area contributed by atoms with Crippen molar-refractivity contribution in [1.29, 1.82) is 0 Å². The van der Waals surface area contributed by atoms with E-state index in [4.69, 9.17) is 34.3 Å². The molecule has 2 aromatic heterocycles. The van der Waals surface area contributed by atoms with Crippen LogP contribution >= 0.6 is 23.8 Å². The molecule has 0 unspecified atom stereocenters. The maximum Gasteiger partial charge on any atom is 0.249 e. The summed E-state index contributed by atoms with van der Waals surface area (Å²) in [7, 11) is 0. The average Bonchev–Trinajstić information content (AvgIpc) is 2.84. The lowest BCUT2D eigenvalue weighted by Crippen LogP contribution is -2.27. The molecule has 0 fully saturated rings. The van der Waals surface area contributed by atoms with Crippen molar-refractivity contribution in [3.63, 3.8) is 0 Å². The van der Waals surface area contributed by atoms with Crippen molar-refractivity contribution in [3.8, 4) is 11.5 Å². The predicted octanol–water partition coefficient (Wildman–Crippen LogP) is 5.22. The fourth-order valence-electron chi connectivity index (χ4n) is 3.46. The molecule has 0 aliphatic carbocycles. The highest BCUT2D eigenvalue weighted by atomic mass is 35.5. The van der Waals surface area contributed by atoms with Crippen LogP contribution in [-0.4, -0.2) is 21.0 Å². The fraction of sp³-hybridized carbons (Fsp3) is 0.120. The second kappa shape index (κ2) is 10.5. The van der Waals surface area contributed by atoms with Gasteiger partial charge in [-0.2, -0.15) is 0 Å². The molecule has 0 atom stereocenters. The molecule has 0 aliphatic heterocycles. The minimum atomic E-state index is -0.486. The van der Waals surface area contributed by atoms with Crippen molar-refractivity contribution in [3.05, 3.63) is 88.8 Å². The number of hydrogen-bond donors (Lipinski definition) is 3. The summed E-state index contributed by atoms with van der Waals surface area (Å²) in [4.78, 5) is 20.3. The Bertz CT molecular complexity index is 1360. The molecule has 4 aromatic rings. The zero-order valence-corrected chi connectivity index (χ0v) is 19.9. The van der Waals surface area contributed by atoms with Crippen LogP contribution in [0.1, 0.15) is 28.4 Å². The highest BCUT2D eigenvalue weighted by Gasteiger charge is 2.13. The number of nitrogens with two attached hydrogens (primary N) is 1. The van der Waals surface area contributed by atoms with Crippen LogP contribution < -0.4 is 21.1 Å². The molecule has 0 spiro atoms. The van der Waals surface area contributed by atoms with E-state index in [1.165, 1.54) is 0 Å². The van der Waals surface area contributed by atoms with Crippen LogP contribution in [0.25, 0.3) is 10.9 Å². The van der Waals surface area contributed by atoms with Gasteiger partial charge in [0.05, 0.1) is 16.2 Å². The maximum absolute atomic E-state index is 11.9. The van der Waals surface area contributed by atoms with Gasteiger partial charge in [-0.1, -0.05) is 18.5 Å². The van der Waals surface area contributed by atoms with Crippen LogP contribution in [-0.2, 0) is 13.0 Å². The fourth-order valence-corrected chi connectivity index (χ4v) is 3.86. The molecule has 1 amide bonds. The second-order valence-corrected chi connectivity index (χ2v) is 8.28. The highest BCUT2D eigenvalue weighted by Crippen LogP contribution is 2.34. The molecule has 0 bridgehead atoms. The lowest BCUT2D eigenvalue weighted by atomic mass is 10.0. The van der Waals surface area contributed by atoms with Crippen LogP contribution in [0, 0.1) is 0 Å². The van der Waals surface area contributed by atoms with E-state index < -0.39 is 5.91 Å². The smallest absolute Gasteiger partial charge is 0.249 e. The third-order valence-electron chi connectivity index (χ3n) is 5.19. The number of benzene rings is 2. The van der Waals surface area contributed by atoms with E-state index in [0.29, 0.717) is 56.8 Å². The van der Waals surface area contributed by atoms with Crippen LogP contribution in [0.15, 0.2) is 67.1 Å². The molecule has 2 heterocycles. The number of aryl methyl sites for hydroxylation is 1. The van der Waals surface area contributed by atoms with E-state index in [-0.39, 0.29) is 0 Å². The number of rotatable bonds is 7. The summed E-state index contributed by atoms with van der Waals surface area (Å²) in [5.41, 5.74) is 9.29. The molecular weight excluding hydrogens is 470 g/mol. The van der Waals surface area contributed by atoms with Crippen molar-refractivity contribution >= 4 is 51.4 Å². The van der Waals surface area contributed by atoms with Gasteiger partial charge in [0.15, 0.2) is 5.11 Å². The van der Waals surface area contributed by atoms with Gasteiger partial charge in [-0.25, -0.2) is 0 Å². The van der Waals surface area contributed by atoms with Gasteiger partial charge in [0, 0.05) is 42.2 Å². The van der Waals surface area contributed by atoms with E-state index in [1.807, 2.05) is 25.1 Å². The molecule has 0 saturated carbocycles. The number of fused-ring (bicyclic) bond motifs is 1. The van der Waals surface area contributed by atoms with E-state index in [0.717, 1.165) is 11.1 Å². The quantitative estimate of drug-likeness (QED) is 0.304. The van der Waals surface area contributed by atoms with Gasteiger partial charge in [0.1, 0.15) is 11.5 Å². The topological polar surface area (TPSA) is 102 Å². The van der Waals surface area contributed by atoms with Crippen molar-refractivity contribution in [2.45, 2.75) is 19.9 Å². The average molecular weight is 492 g/mol. The Balaban J connectivity index is 1.50. The van der Waals surface area contributed by atoms with Crippen LogP contribution in [0.2, 0.25) is 5.02 Å². The summed E-state index contributed by atoms with van der Waals surface area (Å²) in [5, 5.41) is 7.79. The van der Waals surface area contributed by atoms with E-state index in [9.17, 15) is 4.79 Å². The molecule has 2 aromatic carbocycles. The summed E-state index contributed by atoms with van der Waals surface area (Å²) in [6, 6.07) is 14.4. The SMILES string of the molecule is CCc1cc2nccc(Oc3ccc(NC(=S)NCc4ccncc4)c(Cl)c3)c2cc1C(N)=O. The van der Waals surface area contributed by atoms with Crippen molar-refractivity contribution < 1.29 is 9.53 Å². The van der Waals surface area contributed by atoms with Gasteiger partial charge in [0.25, 0.3) is 0 Å². The standard InChI is InChI=1S/C25H22ClN5O2S/c1-2-16-11-22-19(13-18(16)24(27)32)23(7-10-29-22)33-17-3-4-21(20(26)12-17)31-25(34)30-14-15-5-8-28-9-6-15/h3-13H,2,14H2,1H3,(H2,27,32)(H2,30,31,34). The first kappa shape index (κ1) is 23.4. The minimum Gasteiger partial charge on any atom is -0.457 e. The number of amides is 1. The first-order chi connectivity index (χ1) is 16.4. The lowest BCUT2D eigenvalue weighted by Gasteiger charge is -2.14. The Morgan fingerprint density at radius 2 is 1.91 bits per heavy atom. The number of carbonyl (C=O) groups is 1. The van der Waals surface area contributed by atoms with Gasteiger partial charge in [-0.05, 0) is 72.2 Å². The van der Waals surface area contributed by atoms with Gasteiger partial charge < -0.3 is 21.1 Å². The number of nitrogens with zero attached hydrogens (tertiary/aromatic N) is 2. The van der Waals surface area contributed by atoms with Gasteiger partial charge in [-0.3, -0.25) is 14.8 Å². The number of pyridine rings is 2. The molecule has 9 heteroatoms. The van der Waals surface area contributed by atoms with E-state index >= 15 is 0 Å². The number of ether oxygens (including phenoxy) is 1. The Morgan fingerprint density at radius 3 is 2.62 bits per heavy atom. The Hall–Kier alpha value is -3.75. The zero-order chi connectivity index (χ0) is 24.1. The largest absolute Gasteiger partial charge is 0.457 e. The molecule has 0 saturated heterocycles. The summed E-state index contributed by atoms with van der Waals surface area (Å²) in [5.74, 6) is 0.584. The maximum atomic E-state index is 11.9. The number of thiocarbonyl (C=S) groups is 1. The molecular formula is C25H22ClN5O2S. The Kier molecular flexibility index (Phi) is 7.20. The van der Waals surface area contributed by atoms with E-state index in [2.05, 4.69) is 20.6 Å². The number of aromatic nitrogens is 2. The molecule has 34 heavy (non-hydrogen) atoms. The normalized spacial score (nSPS) is 10.6. The minimum absolute atomic E-state index is 0.440. The monoisotopic (exact) mass is 491 g/mol. The summed E-state index contributed by atoms with van der Waals surface area (Å²) in [6.07, 6.45) is 5.79. The van der Waals surface area contributed by atoms with Crippen LogP contribution in [0.3, 0.4) is 0 Å². The van der Waals surface area contributed by atoms with E-state index in [1.54, 1.807) is 48.9 Å². The number of anilines is 1.